The molecule has 4 aromatic heterocycles. The van der Waals surface area contributed by atoms with E-state index in [2.05, 4.69) is 214 Å². The highest BCUT2D eigenvalue weighted by molar-refractivity contribution is 7.26. The molecule has 0 amide bonds. The van der Waals surface area contributed by atoms with Crippen LogP contribution < -0.4 is 4.90 Å². The Morgan fingerprint density at radius 2 is 0.845 bits per heavy atom. The molecule has 0 radical (unpaired) electrons. The van der Waals surface area contributed by atoms with Gasteiger partial charge in [0.1, 0.15) is 0 Å². The van der Waals surface area contributed by atoms with Crippen molar-refractivity contribution in [3.63, 3.8) is 0 Å². The summed E-state index contributed by atoms with van der Waals surface area (Å²) in [5.41, 5.74) is 15.6. The zero-order valence-corrected chi connectivity index (χ0v) is 32.1. The lowest BCUT2D eigenvalue weighted by Crippen LogP contribution is -2.10. The van der Waals surface area contributed by atoms with Crippen molar-refractivity contribution in [1.82, 2.24) is 8.80 Å². The molecule has 0 aliphatic heterocycles. The average molecular weight is 756 g/mol. The Kier molecular flexibility index (Phi) is 6.60. The Labute approximate surface area is 337 Å². The molecule has 9 aromatic carbocycles. The number of rotatable bonds is 5. The summed E-state index contributed by atoms with van der Waals surface area (Å²) in [4.78, 5) is 2.47. The van der Waals surface area contributed by atoms with Crippen LogP contribution >= 0.6 is 11.3 Å². The molecule has 4 heterocycles. The van der Waals surface area contributed by atoms with Crippen molar-refractivity contribution >= 4 is 103 Å². The van der Waals surface area contributed by atoms with Gasteiger partial charge in [-0.05, 0) is 76.9 Å². The summed E-state index contributed by atoms with van der Waals surface area (Å²) in [6, 6.07) is 73.6. The van der Waals surface area contributed by atoms with Gasteiger partial charge in [0, 0.05) is 48.4 Å². The van der Waals surface area contributed by atoms with Crippen molar-refractivity contribution in [2.24, 2.45) is 0 Å². The van der Waals surface area contributed by atoms with Gasteiger partial charge in [-0.2, -0.15) is 0 Å². The number of aromatic nitrogens is 2. The van der Waals surface area contributed by atoms with E-state index in [-0.39, 0.29) is 0 Å². The lowest BCUT2D eigenvalue weighted by atomic mass is 10.00. The fraction of sp³-hybridized carbons (Fsp3) is 0. The average Bonchev–Trinajstić information content (AvgIpc) is 3.96. The van der Waals surface area contributed by atoms with Crippen molar-refractivity contribution in [2.45, 2.75) is 0 Å². The molecular formula is C54H33N3S. The molecule has 13 aromatic rings. The van der Waals surface area contributed by atoms with Crippen LogP contribution in [0.3, 0.4) is 0 Å². The van der Waals surface area contributed by atoms with E-state index in [4.69, 9.17) is 0 Å². The van der Waals surface area contributed by atoms with Crippen molar-refractivity contribution in [1.29, 1.82) is 0 Å². The van der Waals surface area contributed by atoms with Crippen molar-refractivity contribution in [3.05, 3.63) is 200 Å². The van der Waals surface area contributed by atoms with Crippen LogP contribution in [0.25, 0.3) is 97.1 Å². The quantitative estimate of drug-likeness (QED) is 0.159. The summed E-state index contributed by atoms with van der Waals surface area (Å²) in [7, 11) is 0. The van der Waals surface area contributed by atoms with Gasteiger partial charge in [-0.15, -0.1) is 11.3 Å². The van der Waals surface area contributed by atoms with Gasteiger partial charge < -0.3 is 13.7 Å². The second-order valence-electron chi connectivity index (χ2n) is 15.3. The maximum absolute atomic E-state index is 2.52. The molecule has 58 heavy (non-hydrogen) atoms. The summed E-state index contributed by atoms with van der Waals surface area (Å²) < 4.78 is 7.59. The van der Waals surface area contributed by atoms with E-state index in [9.17, 15) is 0 Å². The van der Waals surface area contributed by atoms with Gasteiger partial charge in [0.2, 0.25) is 0 Å². The lowest BCUT2D eigenvalue weighted by Gasteiger charge is -2.27. The normalized spacial score (nSPS) is 12.1. The summed E-state index contributed by atoms with van der Waals surface area (Å²) in [6.07, 6.45) is 0. The molecule has 4 heteroatoms. The van der Waals surface area contributed by atoms with Gasteiger partial charge in [-0.3, -0.25) is 0 Å². The third kappa shape index (κ3) is 4.43. The molecular weight excluding hydrogens is 723 g/mol. The smallest absolute Gasteiger partial charge is 0.0789 e. The van der Waals surface area contributed by atoms with Gasteiger partial charge in [0.25, 0.3) is 0 Å². The van der Waals surface area contributed by atoms with Gasteiger partial charge >= 0.3 is 0 Å². The number of nitrogens with zero attached hydrogens (tertiary/aromatic N) is 3. The van der Waals surface area contributed by atoms with E-state index in [1.54, 1.807) is 0 Å². The monoisotopic (exact) mass is 755 g/mol. The van der Waals surface area contributed by atoms with Gasteiger partial charge in [-0.25, -0.2) is 0 Å². The van der Waals surface area contributed by atoms with Crippen molar-refractivity contribution in [3.8, 4) is 22.3 Å². The fourth-order valence-corrected chi connectivity index (χ4v) is 10.9. The Hall–Kier alpha value is -7.40. The number of para-hydroxylation sites is 2. The molecule has 13 rings (SSSR count). The Bertz CT molecular complexity index is 3720. The highest BCUT2D eigenvalue weighted by atomic mass is 32.1. The number of anilines is 3. The molecule has 0 N–H and O–H groups in total. The molecule has 0 spiro atoms. The first-order valence-corrected chi connectivity index (χ1v) is 20.7. The van der Waals surface area contributed by atoms with Gasteiger partial charge in [-0.1, -0.05) is 146 Å². The minimum Gasteiger partial charge on any atom is -0.309 e. The summed E-state index contributed by atoms with van der Waals surface area (Å²) >= 11 is 1.87. The van der Waals surface area contributed by atoms with E-state index in [0.717, 1.165) is 11.4 Å². The van der Waals surface area contributed by atoms with Crippen LogP contribution in [-0.4, -0.2) is 8.80 Å². The molecule has 0 unspecified atom stereocenters. The molecule has 3 nitrogen and oxygen atoms in total. The van der Waals surface area contributed by atoms with E-state index < -0.39 is 0 Å². The van der Waals surface area contributed by atoms with Crippen LogP contribution in [0.5, 0.6) is 0 Å². The third-order valence-corrected chi connectivity index (χ3v) is 13.5. The van der Waals surface area contributed by atoms with Crippen molar-refractivity contribution in [2.75, 3.05) is 4.90 Å². The van der Waals surface area contributed by atoms with Gasteiger partial charge in [0.15, 0.2) is 0 Å². The predicted octanol–water partition coefficient (Wildman–Crippen LogP) is 15.4. The predicted molar refractivity (Wildman–Crippen MR) is 248 cm³/mol. The zero-order valence-electron chi connectivity index (χ0n) is 31.3. The zero-order chi connectivity index (χ0) is 37.9. The summed E-state index contributed by atoms with van der Waals surface area (Å²) in [5.74, 6) is 0. The Morgan fingerprint density at radius 3 is 1.52 bits per heavy atom. The lowest BCUT2D eigenvalue weighted by molar-refractivity contribution is 1.24. The minimum atomic E-state index is 1.11. The second kappa shape index (κ2) is 12.1. The molecule has 0 fully saturated rings. The van der Waals surface area contributed by atoms with Crippen LogP contribution in [0.15, 0.2) is 200 Å². The summed E-state index contributed by atoms with van der Waals surface area (Å²) in [5, 5.41) is 7.70. The molecule has 270 valence electrons. The van der Waals surface area contributed by atoms with Crippen LogP contribution in [0, 0.1) is 0 Å². The number of benzene rings is 9. The van der Waals surface area contributed by atoms with E-state index >= 15 is 0 Å². The van der Waals surface area contributed by atoms with Crippen LogP contribution in [-0.2, 0) is 0 Å². The van der Waals surface area contributed by atoms with Crippen molar-refractivity contribution < 1.29 is 0 Å². The third-order valence-electron chi connectivity index (χ3n) is 12.2. The maximum atomic E-state index is 2.52. The molecule has 0 aliphatic rings. The van der Waals surface area contributed by atoms with E-state index in [1.165, 1.54) is 103 Å². The molecule has 0 bridgehead atoms. The van der Waals surface area contributed by atoms with Gasteiger partial charge in [0.05, 0.1) is 43.5 Å². The maximum Gasteiger partial charge on any atom is 0.0789 e. The number of thiophene rings is 1. The first-order valence-electron chi connectivity index (χ1n) is 19.8. The topological polar surface area (TPSA) is 12.1 Å². The molecule has 0 atom stereocenters. The number of hydrogen-bond donors (Lipinski definition) is 0. The SMILES string of the molecule is c1ccc(-c2ccc(-c3ccc(N(c4ccc5c(c4)n4c6ccccc6c6ccc7c8ccccc8n5c7c64)c4cccc5c4sc4ccccc45)cc3)cc2)cc1. The summed E-state index contributed by atoms with van der Waals surface area (Å²) in [6.45, 7) is 0. The van der Waals surface area contributed by atoms with E-state index in [1.807, 2.05) is 11.3 Å². The van der Waals surface area contributed by atoms with Crippen LogP contribution in [0.4, 0.5) is 17.1 Å². The largest absolute Gasteiger partial charge is 0.309 e. The highest BCUT2D eigenvalue weighted by Gasteiger charge is 2.24. The molecule has 0 saturated heterocycles. The highest BCUT2D eigenvalue weighted by Crippen LogP contribution is 2.47. The first-order chi connectivity index (χ1) is 28.8. The standard InChI is InChI=1S/C54H33N3S/c1-2-11-34(12-3-1)35-21-23-36(24-22-35)37-25-27-38(28-26-37)55(49-19-10-16-45-42-15-6-9-20-51(42)58-54(45)49)39-29-32-48-50(33-39)57-47-18-8-5-14-41(47)44-31-30-43-40-13-4-7-17-46(40)56(48)52(43)53(44)57/h1-33H. The second-order valence-corrected chi connectivity index (χ2v) is 16.4. The molecule has 0 aliphatic carbocycles. The van der Waals surface area contributed by atoms with E-state index in [0.29, 0.717) is 0 Å². The number of fused-ring (bicyclic) bond motifs is 12. The first kappa shape index (κ1) is 31.8. The van der Waals surface area contributed by atoms with Crippen LogP contribution in [0.1, 0.15) is 0 Å². The Morgan fingerprint density at radius 1 is 0.328 bits per heavy atom. The minimum absolute atomic E-state index is 1.11. The number of hydrogen-bond acceptors (Lipinski definition) is 2. The molecule has 0 saturated carbocycles. The Balaban J connectivity index is 1.06. The van der Waals surface area contributed by atoms with Crippen LogP contribution in [0.2, 0.25) is 0 Å². The fourth-order valence-electron chi connectivity index (χ4n) is 9.64.